The average Bonchev–Trinajstić information content (AvgIpc) is 2.23. The number of aliphatic carboxylic acids is 1. The van der Waals surface area contributed by atoms with Crippen LogP contribution >= 0.6 is 12.6 Å². The van der Waals surface area contributed by atoms with Crippen LogP contribution in [-0.2, 0) is 14.3 Å². The lowest BCUT2D eigenvalue weighted by molar-refractivity contribution is -0.147. The molecule has 110 valence electrons. The van der Waals surface area contributed by atoms with E-state index in [1.54, 1.807) is 20.8 Å². The van der Waals surface area contributed by atoms with Crippen molar-refractivity contribution in [3.8, 4) is 0 Å². The van der Waals surface area contributed by atoms with Gasteiger partial charge in [-0.05, 0) is 20.8 Å². The summed E-state index contributed by atoms with van der Waals surface area (Å²) in [6.07, 6.45) is -0.730. The number of ether oxygens (including phenoxy) is 1. The SMILES string of the molecule is CN(C(=O)CNC(=O)OC(C)(C)C)[C@@H](CS)C(=O)O. The zero-order valence-corrected chi connectivity index (χ0v) is 12.4. The van der Waals surface area contributed by atoms with E-state index in [1.165, 1.54) is 7.05 Å². The van der Waals surface area contributed by atoms with Gasteiger partial charge in [-0.2, -0.15) is 12.6 Å². The minimum atomic E-state index is -1.15. The van der Waals surface area contributed by atoms with Gasteiger partial charge in [0.05, 0.1) is 0 Å². The normalized spacial score (nSPS) is 12.5. The number of thiol groups is 1. The van der Waals surface area contributed by atoms with Crippen molar-refractivity contribution in [2.24, 2.45) is 0 Å². The highest BCUT2D eigenvalue weighted by Gasteiger charge is 2.25. The fourth-order valence-corrected chi connectivity index (χ4v) is 1.53. The van der Waals surface area contributed by atoms with E-state index >= 15 is 0 Å². The minimum Gasteiger partial charge on any atom is -0.480 e. The smallest absolute Gasteiger partial charge is 0.408 e. The zero-order valence-electron chi connectivity index (χ0n) is 11.5. The molecule has 0 saturated carbocycles. The number of carboxylic acid groups (broad SMARTS) is 1. The third-order valence-electron chi connectivity index (χ3n) is 2.10. The summed E-state index contributed by atoms with van der Waals surface area (Å²) < 4.78 is 4.95. The fraction of sp³-hybridized carbons (Fsp3) is 0.727. The average molecular weight is 292 g/mol. The number of hydrogen-bond donors (Lipinski definition) is 3. The lowest BCUT2D eigenvalue weighted by Crippen LogP contribution is -2.48. The summed E-state index contributed by atoms with van der Waals surface area (Å²) in [5, 5.41) is 11.1. The Labute approximate surface area is 117 Å². The van der Waals surface area contributed by atoms with Crippen molar-refractivity contribution in [1.29, 1.82) is 0 Å². The van der Waals surface area contributed by atoms with Gasteiger partial charge in [0.15, 0.2) is 0 Å². The van der Waals surface area contributed by atoms with E-state index in [4.69, 9.17) is 9.84 Å². The molecule has 19 heavy (non-hydrogen) atoms. The lowest BCUT2D eigenvalue weighted by atomic mass is 10.2. The van der Waals surface area contributed by atoms with Gasteiger partial charge < -0.3 is 20.1 Å². The van der Waals surface area contributed by atoms with E-state index < -0.39 is 29.6 Å². The Balaban J connectivity index is 4.31. The Hall–Kier alpha value is -1.44. The topological polar surface area (TPSA) is 95.9 Å². The number of nitrogens with zero attached hydrogens (tertiary/aromatic N) is 1. The molecule has 0 aliphatic rings. The van der Waals surface area contributed by atoms with Crippen LogP contribution in [0.15, 0.2) is 0 Å². The monoisotopic (exact) mass is 292 g/mol. The Kier molecular flexibility index (Phi) is 6.68. The largest absolute Gasteiger partial charge is 0.480 e. The first-order valence-electron chi connectivity index (χ1n) is 5.64. The van der Waals surface area contributed by atoms with Gasteiger partial charge in [0, 0.05) is 12.8 Å². The molecule has 2 amide bonds. The molecule has 8 heteroatoms. The molecule has 0 aromatic carbocycles. The maximum Gasteiger partial charge on any atom is 0.408 e. The molecule has 0 spiro atoms. The van der Waals surface area contributed by atoms with Crippen LogP contribution in [0.25, 0.3) is 0 Å². The zero-order chi connectivity index (χ0) is 15.2. The Morgan fingerprint density at radius 3 is 2.26 bits per heavy atom. The van der Waals surface area contributed by atoms with Crippen LogP contribution < -0.4 is 5.32 Å². The summed E-state index contributed by atoms with van der Waals surface area (Å²) in [6, 6.07) is -1.03. The molecular weight excluding hydrogens is 272 g/mol. The summed E-state index contributed by atoms with van der Waals surface area (Å²) in [4.78, 5) is 34.9. The molecule has 0 aromatic heterocycles. The number of hydrogen-bond acceptors (Lipinski definition) is 5. The summed E-state index contributed by atoms with van der Waals surface area (Å²) in [5.74, 6) is -1.69. The van der Waals surface area contributed by atoms with Crippen LogP contribution in [0.5, 0.6) is 0 Å². The van der Waals surface area contributed by atoms with Crippen LogP contribution in [0.1, 0.15) is 20.8 Å². The number of carboxylic acids is 1. The molecule has 0 aliphatic carbocycles. The molecule has 0 rings (SSSR count). The number of carbonyl (C=O) groups is 3. The van der Waals surface area contributed by atoms with Gasteiger partial charge in [0.2, 0.25) is 5.91 Å². The molecular formula is C11H20N2O5S. The number of carbonyl (C=O) groups excluding carboxylic acids is 2. The predicted octanol–water partition coefficient (Wildman–Crippen LogP) is 0.352. The molecule has 7 nitrogen and oxygen atoms in total. The van der Waals surface area contributed by atoms with Crippen molar-refractivity contribution in [3.05, 3.63) is 0 Å². The van der Waals surface area contributed by atoms with Crippen molar-refractivity contribution >= 4 is 30.6 Å². The van der Waals surface area contributed by atoms with Gasteiger partial charge in [0.1, 0.15) is 18.2 Å². The Morgan fingerprint density at radius 1 is 1.37 bits per heavy atom. The van der Waals surface area contributed by atoms with Crippen LogP contribution in [0.3, 0.4) is 0 Å². The maximum atomic E-state index is 11.7. The molecule has 0 saturated heterocycles. The van der Waals surface area contributed by atoms with Crippen molar-refractivity contribution in [3.63, 3.8) is 0 Å². The maximum absolute atomic E-state index is 11.7. The number of rotatable bonds is 5. The van der Waals surface area contributed by atoms with Crippen LogP contribution in [0.2, 0.25) is 0 Å². The molecule has 2 N–H and O–H groups in total. The van der Waals surface area contributed by atoms with E-state index in [-0.39, 0.29) is 12.3 Å². The highest BCUT2D eigenvalue weighted by atomic mass is 32.1. The first-order valence-corrected chi connectivity index (χ1v) is 6.28. The number of alkyl carbamates (subject to hydrolysis) is 1. The standard InChI is InChI=1S/C11H20N2O5S/c1-11(2,3)18-10(17)12-5-8(14)13(4)7(6-19)9(15)16/h7,19H,5-6H2,1-4H3,(H,12,17)(H,15,16)/t7-/m0/s1. The van der Waals surface area contributed by atoms with Crippen molar-refractivity contribution in [2.45, 2.75) is 32.4 Å². The van der Waals surface area contributed by atoms with Crippen molar-refractivity contribution < 1.29 is 24.2 Å². The van der Waals surface area contributed by atoms with E-state index in [0.29, 0.717) is 0 Å². The quantitative estimate of drug-likeness (QED) is 0.636. The molecule has 0 fully saturated rings. The fourth-order valence-electron chi connectivity index (χ4n) is 1.13. The van der Waals surface area contributed by atoms with Crippen molar-refractivity contribution in [1.82, 2.24) is 10.2 Å². The number of nitrogens with one attached hydrogen (secondary N) is 1. The second-order valence-corrected chi connectivity index (χ2v) is 5.26. The number of likely N-dealkylation sites (N-methyl/N-ethyl adjacent to an activating group) is 1. The van der Waals surface area contributed by atoms with E-state index in [1.807, 2.05) is 0 Å². The minimum absolute atomic E-state index is 0.00991. The second-order valence-electron chi connectivity index (χ2n) is 4.90. The third-order valence-corrected chi connectivity index (χ3v) is 2.45. The van der Waals surface area contributed by atoms with Gasteiger partial charge in [-0.25, -0.2) is 9.59 Å². The number of amides is 2. The van der Waals surface area contributed by atoms with Crippen LogP contribution in [0, 0.1) is 0 Å². The highest BCUT2D eigenvalue weighted by Crippen LogP contribution is 2.06. The molecule has 0 radical (unpaired) electrons. The molecule has 0 unspecified atom stereocenters. The summed E-state index contributed by atoms with van der Waals surface area (Å²) in [7, 11) is 1.34. The van der Waals surface area contributed by atoms with E-state index in [0.717, 1.165) is 4.90 Å². The third kappa shape index (κ3) is 6.90. The first-order chi connectivity index (χ1) is 8.58. The molecule has 0 heterocycles. The highest BCUT2D eigenvalue weighted by molar-refractivity contribution is 7.80. The van der Waals surface area contributed by atoms with Gasteiger partial charge in [-0.3, -0.25) is 4.79 Å². The molecule has 1 atom stereocenters. The Morgan fingerprint density at radius 2 is 1.89 bits per heavy atom. The molecule has 0 aromatic rings. The van der Waals surface area contributed by atoms with Gasteiger partial charge >= 0.3 is 12.1 Å². The molecule has 0 bridgehead atoms. The summed E-state index contributed by atoms with van der Waals surface area (Å²) in [6.45, 7) is 4.76. The van der Waals surface area contributed by atoms with Crippen LogP contribution in [-0.4, -0.2) is 59.0 Å². The summed E-state index contributed by atoms with van der Waals surface area (Å²) >= 11 is 3.87. The van der Waals surface area contributed by atoms with Gasteiger partial charge in [0.25, 0.3) is 0 Å². The molecule has 0 aliphatic heterocycles. The van der Waals surface area contributed by atoms with E-state index in [9.17, 15) is 14.4 Å². The van der Waals surface area contributed by atoms with Crippen molar-refractivity contribution in [2.75, 3.05) is 19.3 Å². The summed E-state index contributed by atoms with van der Waals surface area (Å²) in [5.41, 5.74) is -0.659. The Bertz CT molecular complexity index is 353. The van der Waals surface area contributed by atoms with Gasteiger partial charge in [-0.15, -0.1) is 0 Å². The predicted molar refractivity (Wildman–Crippen MR) is 72.3 cm³/mol. The van der Waals surface area contributed by atoms with E-state index in [2.05, 4.69) is 17.9 Å². The van der Waals surface area contributed by atoms with Crippen LogP contribution in [0.4, 0.5) is 4.79 Å². The van der Waals surface area contributed by atoms with Gasteiger partial charge in [-0.1, -0.05) is 0 Å². The second kappa shape index (κ2) is 7.22. The first kappa shape index (κ1) is 17.6. The lowest BCUT2D eigenvalue weighted by Gasteiger charge is -2.24.